The molecule has 0 spiro atoms. The fraction of sp³-hybridized carbons (Fsp3) is 0.154. The van der Waals surface area contributed by atoms with E-state index in [1.807, 2.05) is 0 Å². The van der Waals surface area contributed by atoms with E-state index >= 15 is 0 Å². The van der Waals surface area contributed by atoms with Crippen molar-refractivity contribution >= 4 is 15.9 Å². The van der Waals surface area contributed by atoms with Crippen molar-refractivity contribution in [2.45, 2.75) is 12.5 Å². The first-order valence-corrected chi connectivity index (χ1v) is 6.60. The van der Waals surface area contributed by atoms with Gasteiger partial charge in [-0.1, -0.05) is 0 Å². The Hall–Kier alpha value is -1.97. The zero-order valence-corrected chi connectivity index (χ0v) is 12.5. The van der Waals surface area contributed by atoms with Gasteiger partial charge in [0.2, 0.25) is 5.88 Å². The van der Waals surface area contributed by atoms with Crippen molar-refractivity contribution in [2.24, 2.45) is 0 Å². The molecule has 1 aromatic heterocycles. The molecule has 0 amide bonds. The summed E-state index contributed by atoms with van der Waals surface area (Å²) in [5, 5.41) is 0. The second kappa shape index (κ2) is 6.26. The second-order valence-corrected chi connectivity index (χ2v) is 4.98. The van der Waals surface area contributed by atoms with Gasteiger partial charge >= 0.3 is 12.5 Å². The molecule has 0 aliphatic rings. The third kappa shape index (κ3) is 5.02. The minimum atomic E-state index is -4.85. The number of hydrogen-bond donors (Lipinski definition) is 0. The Labute approximate surface area is 134 Å². The molecule has 2 aromatic rings. The molecule has 0 unspecified atom stereocenters. The summed E-state index contributed by atoms with van der Waals surface area (Å²) in [5.74, 6) is -0.557. The monoisotopic (exact) mass is 401 g/mol. The van der Waals surface area contributed by atoms with Gasteiger partial charge in [-0.25, -0.2) is 4.98 Å². The average Bonchev–Trinajstić information content (AvgIpc) is 2.40. The van der Waals surface area contributed by atoms with Crippen LogP contribution in [0.25, 0.3) is 0 Å². The van der Waals surface area contributed by atoms with Gasteiger partial charge < -0.3 is 9.47 Å². The van der Waals surface area contributed by atoms with Crippen molar-refractivity contribution in [1.29, 1.82) is 0 Å². The molecular weight excluding hydrogens is 396 g/mol. The number of pyridine rings is 1. The number of alkyl halides is 6. The Morgan fingerprint density at radius 3 is 2.13 bits per heavy atom. The molecule has 3 nitrogen and oxygen atoms in total. The highest BCUT2D eigenvalue weighted by molar-refractivity contribution is 9.10. The molecule has 0 fully saturated rings. The Bertz CT molecular complexity index is 684. The predicted molar refractivity (Wildman–Crippen MR) is 70.1 cm³/mol. The van der Waals surface area contributed by atoms with Gasteiger partial charge in [0.15, 0.2) is 0 Å². The first-order chi connectivity index (χ1) is 10.5. The number of halogens is 7. The summed E-state index contributed by atoms with van der Waals surface area (Å²) >= 11 is 2.88. The fourth-order valence-corrected chi connectivity index (χ4v) is 1.92. The number of ether oxygens (including phenoxy) is 2. The quantitative estimate of drug-likeness (QED) is 0.631. The standard InChI is InChI=1S/C13H6BrF6NO2/c14-9-5-8(2-3-10(9)23-13(18,19)20)22-11-4-1-7(6-21-11)12(15,16)17/h1-6H. The van der Waals surface area contributed by atoms with E-state index in [0.717, 1.165) is 24.3 Å². The maximum Gasteiger partial charge on any atom is 0.573 e. The van der Waals surface area contributed by atoms with Crippen LogP contribution in [0, 0.1) is 0 Å². The Kier molecular flexibility index (Phi) is 4.73. The highest BCUT2D eigenvalue weighted by Crippen LogP contribution is 2.35. The Morgan fingerprint density at radius 1 is 0.957 bits per heavy atom. The van der Waals surface area contributed by atoms with Crippen LogP contribution < -0.4 is 9.47 Å². The molecular formula is C13H6BrF6NO2. The van der Waals surface area contributed by atoms with Crippen molar-refractivity contribution in [3.63, 3.8) is 0 Å². The summed E-state index contributed by atoms with van der Waals surface area (Å²) in [6.07, 6.45) is -8.78. The van der Waals surface area contributed by atoms with Crippen LogP contribution in [-0.2, 0) is 6.18 Å². The van der Waals surface area contributed by atoms with E-state index < -0.39 is 23.9 Å². The molecule has 0 radical (unpaired) electrons. The largest absolute Gasteiger partial charge is 0.573 e. The summed E-state index contributed by atoms with van der Waals surface area (Å²) in [5.41, 5.74) is -0.944. The summed E-state index contributed by atoms with van der Waals surface area (Å²) in [6.45, 7) is 0. The van der Waals surface area contributed by atoms with Gasteiger partial charge in [0.1, 0.15) is 11.5 Å². The van der Waals surface area contributed by atoms with Gasteiger partial charge in [0.05, 0.1) is 10.0 Å². The van der Waals surface area contributed by atoms with Gasteiger partial charge in [-0.15, -0.1) is 13.2 Å². The van der Waals surface area contributed by atoms with Crippen molar-refractivity contribution in [1.82, 2.24) is 4.98 Å². The molecule has 124 valence electrons. The summed E-state index contributed by atoms with van der Waals surface area (Å²) in [6, 6.07) is 5.10. The molecule has 1 aromatic carbocycles. The maximum absolute atomic E-state index is 12.4. The maximum atomic E-state index is 12.4. The Balaban J connectivity index is 2.13. The topological polar surface area (TPSA) is 31.4 Å². The van der Waals surface area contributed by atoms with Crippen LogP contribution in [0.15, 0.2) is 41.0 Å². The van der Waals surface area contributed by atoms with Gasteiger partial charge in [0.25, 0.3) is 0 Å². The molecule has 0 atom stereocenters. The number of nitrogens with zero attached hydrogens (tertiary/aromatic N) is 1. The first-order valence-electron chi connectivity index (χ1n) is 5.81. The minimum Gasteiger partial charge on any atom is -0.439 e. The van der Waals surface area contributed by atoms with Crippen molar-refractivity contribution in [3.8, 4) is 17.4 Å². The van der Waals surface area contributed by atoms with E-state index in [1.165, 1.54) is 6.07 Å². The van der Waals surface area contributed by atoms with Crippen LogP contribution >= 0.6 is 15.9 Å². The summed E-state index contributed by atoms with van der Waals surface area (Å²) in [4.78, 5) is 3.48. The zero-order chi connectivity index (χ0) is 17.3. The van der Waals surface area contributed by atoms with Crippen LogP contribution in [0.1, 0.15) is 5.56 Å². The van der Waals surface area contributed by atoms with E-state index in [-0.39, 0.29) is 16.1 Å². The van der Waals surface area contributed by atoms with E-state index in [9.17, 15) is 26.3 Å². The minimum absolute atomic E-state index is 0.0424. The molecule has 0 aliphatic heterocycles. The number of benzene rings is 1. The Morgan fingerprint density at radius 2 is 1.65 bits per heavy atom. The SMILES string of the molecule is FC(F)(F)Oc1ccc(Oc2ccc(C(F)(F)F)cn2)cc1Br. The second-order valence-electron chi connectivity index (χ2n) is 4.12. The van der Waals surface area contributed by atoms with E-state index in [2.05, 4.69) is 25.7 Å². The van der Waals surface area contributed by atoms with E-state index in [1.54, 1.807) is 0 Å². The molecule has 0 aliphatic carbocycles. The van der Waals surface area contributed by atoms with Crippen LogP contribution in [-0.4, -0.2) is 11.3 Å². The van der Waals surface area contributed by atoms with Crippen molar-refractivity contribution in [3.05, 3.63) is 46.6 Å². The molecule has 10 heteroatoms. The molecule has 2 rings (SSSR count). The average molecular weight is 402 g/mol. The molecule has 23 heavy (non-hydrogen) atoms. The van der Waals surface area contributed by atoms with Gasteiger partial charge in [0, 0.05) is 12.3 Å². The summed E-state index contributed by atoms with van der Waals surface area (Å²) < 4.78 is 82.4. The lowest BCUT2D eigenvalue weighted by Gasteiger charge is -2.12. The van der Waals surface area contributed by atoms with Crippen LogP contribution in [0.5, 0.6) is 17.4 Å². The fourth-order valence-electron chi connectivity index (χ4n) is 1.48. The lowest BCUT2D eigenvalue weighted by molar-refractivity contribution is -0.274. The lowest BCUT2D eigenvalue weighted by atomic mass is 10.3. The van der Waals surface area contributed by atoms with Crippen molar-refractivity contribution in [2.75, 3.05) is 0 Å². The molecule has 1 heterocycles. The number of hydrogen-bond acceptors (Lipinski definition) is 3. The summed E-state index contributed by atoms with van der Waals surface area (Å²) in [7, 11) is 0. The number of rotatable bonds is 3. The van der Waals surface area contributed by atoms with E-state index in [0.29, 0.717) is 6.20 Å². The molecule has 0 N–H and O–H groups in total. The highest BCUT2D eigenvalue weighted by atomic mass is 79.9. The molecule has 0 saturated carbocycles. The molecule has 0 bridgehead atoms. The van der Waals surface area contributed by atoms with Crippen LogP contribution in [0.4, 0.5) is 26.3 Å². The smallest absolute Gasteiger partial charge is 0.439 e. The molecule has 0 saturated heterocycles. The zero-order valence-electron chi connectivity index (χ0n) is 10.9. The third-order valence-electron chi connectivity index (χ3n) is 2.42. The highest BCUT2D eigenvalue weighted by Gasteiger charge is 2.32. The predicted octanol–water partition coefficient (Wildman–Crippen LogP) is 5.55. The van der Waals surface area contributed by atoms with Gasteiger partial charge in [-0.2, -0.15) is 13.2 Å². The lowest BCUT2D eigenvalue weighted by Crippen LogP contribution is -2.17. The van der Waals surface area contributed by atoms with Crippen LogP contribution in [0.3, 0.4) is 0 Å². The normalized spacial score (nSPS) is 12.1. The van der Waals surface area contributed by atoms with Gasteiger partial charge in [-0.3, -0.25) is 0 Å². The van der Waals surface area contributed by atoms with Crippen molar-refractivity contribution < 1.29 is 35.8 Å². The van der Waals surface area contributed by atoms with Crippen LogP contribution in [0.2, 0.25) is 0 Å². The van der Waals surface area contributed by atoms with Gasteiger partial charge in [-0.05, 0) is 40.2 Å². The third-order valence-corrected chi connectivity index (χ3v) is 3.03. The van der Waals surface area contributed by atoms with E-state index in [4.69, 9.17) is 4.74 Å². The first kappa shape index (κ1) is 17.4. The number of aromatic nitrogens is 1.